The molecule has 0 radical (unpaired) electrons. The molecular weight excluding hydrogens is 352 g/mol. The molecule has 1 aromatic rings. The number of hydrogen-bond acceptors (Lipinski definition) is 4. The second-order valence-corrected chi connectivity index (χ2v) is 9.84. The molecule has 2 aliphatic rings. The molecule has 8 heteroatoms. The zero-order chi connectivity index (χ0) is 18.7. The van der Waals surface area contributed by atoms with E-state index in [-0.39, 0.29) is 23.6 Å². The van der Waals surface area contributed by atoms with E-state index >= 15 is 0 Å². The van der Waals surface area contributed by atoms with Crippen molar-refractivity contribution in [2.24, 2.45) is 5.92 Å². The summed E-state index contributed by atoms with van der Waals surface area (Å²) in [5.41, 5.74) is 1.18. The summed E-state index contributed by atoms with van der Waals surface area (Å²) in [5.74, 6) is 0.157. The maximum atomic E-state index is 12.6. The number of rotatable bonds is 5. The summed E-state index contributed by atoms with van der Waals surface area (Å²) in [6.07, 6.45) is 9.20. The van der Waals surface area contributed by atoms with E-state index in [1.165, 1.54) is 9.87 Å². The van der Waals surface area contributed by atoms with E-state index in [1.807, 2.05) is 13.1 Å². The standard InChI is InChI=1S/C18H30N4O3S/c1-3-26(24,25)21-10-8-15(9-11-21)18(23)20-16-4-6-17(7-5-16)22-13-14(2)12-19-22/h12-13,15-17H,3-11H2,1-2H3,(H,20,23). The van der Waals surface area contributed by atoms with Gasteiger partial charge in [-0.3, -0.25) is 9.48 Å². The summed E-state index contributed by atoms with van der Waals surface area (Å²) >= 11 is 0. The quantitative estimate of drug-likeness (QED) is 0.842. The van der Waals surface area contributed by atoms with Crippen LogP contribution in [0.15, 0.2) is 12.4 Å². The lowest BCUT2D eigenvalue weighted by Crippen LogP contribution is -2.46. The molecule has 1 N–H and O–H groups in total. The van der Waals surface area contributed by atoms with E-state index < -0.39 is 10.0 Å². The highest BCUT2D eigenvalue weighted by Crippen LogP contribution is 2.29. The first-order chi connectivity index (χ1) is 12.4. The van der Waals surface area contributed by atoms with Gasteiger partial charge in [0.15, 0.2) is 0 Å². The average molecular weight is 383 g/mol. The van der Waals surface area contributed by atoms with Gasteiger partial charge in [-0.05, 0) is 57.9 Å². The topological polar surface area (TPSA) is 84.3 Å². The Bertz CT molecular complexity index is 715. The second-order valence-electron chi connectivity index (χ2n) is 7.59. The lowest BCUT2D eigenvalue weighted by Gasteiger charge is -2.33. The van der Waals surface area contributed by atoms with Crippen molar-refractivity contribution >= 4 is 15.9 Å². The van der Waals surface area contributed by atoms with Crippen molar-refractivity contribution in [3.8, 4) is 0 Å². The fourth-order valence-electron chi connectivity index (χ4n) is 4.02. The second kappa shape index (κ2) is 8.08. The molecule has 1 saturated carbocycles. The first-order valence-electron chi connectivity index (χ1n) is 9.68. The largest absolute Gasteiger partial charge is 0.353 e. The van der Waals surface area contributed by atoms with Gasteiger partial charge in [0, 0.05) is 31.2 Å². The van der Waals surface area contributed by atoms with E-state index in [0.717, 1.165) is 25.7 Å². The van der Waals surface area contributed by atoms with E-state index in [9.17, 15) is 13.2 Å². The number of hydrogen-bond donors (Lipinski definition) is 1. The monoisotopic (exact) mass is 382 g/mol. The first kappa shape index (κ1) is 19.4. The Kier molecular flexibility index (Phi) is 6.02. The lowest BCUT2D eigenvalue weighted by molar-refractivity contribution is -0.127. The Balaban J connectivity index is 1.44. The molecule has 0 spiro atoms. The van der Waals surface area contributed by atoms with Crippen molar-refractivity contribution in [1.82, 2.24) is 19.4 Å². The van der Waals surface area contributed by atoms with Gasteiger partial charge < -0.3 is 5.32 Å². The Morgan fingerprint density at radius 1 is 1.19 bits per heavy atom. The zero-order valence-electron chi connectivity index (χ0n) is 15.7. The molecular formula is C18H30N4O3S. The minimum absolute atomic E-state index is 0.0650. The highest BCUT2D eigenvalue weighted by molar-refractivity contribution is 7.89. The van der Waals surface area contributed by atoms with Gasteiger partial charge in [0.05, 0.1) is 18.0 Å². The molecule has 146 valence electrons. The summed E-state index contributed by atoms with van der Waals surface area (Å²) < 4.78 is 27.4. The summed E-state index contributed by atoms with van der Waals surface area (Å²) in [5, 5.41) is 7.61. The summed E-state index contributed by atoms with van der Waals surface area (Å²) in [6, 6.07) is 0.659. The van der Waals surface area contributed by atoms with Crippen molar-refractivity contribution in [1.29, 1.82) is 0 Å². The molecule has 1 saturated heterocycles. The molecule has 0 atom stereocenters. The Hall–Kier alpha value is -1.41. The molecule has 0 bridgehead atoms. The van der Waals surface area contributed by atoms with Crippen molar-refractivity contribution in [2.75, 3.05) is 18.8 Å². The van der Waals surface area contributed by atoms with Crippen LogP contribution in [0.3, 0.4) is 0 Å². The third kappa shape index (κ3) is 4.46. The van der Waals surface area contributed by atoms with Crippen LogP contribution in [0.25, 0.3) is 0 Å². The van der Waals surface area contributed by atoms with E-state index in [1.54, 1.807) is 6.92 Å². The van der Waals surface area contributed by atoms with Gasteiger partial charge in [-0.15, -0.1) is 0 Å². The number of carbonyl (C=O) groups excluding carboxylic acids is 1. The van der Waals surface area contributed by atoms with Crippen LogP contribution in [-0.2, 0) is 14.8 Å². The van der Waals surface area contributed by atoms with Crippen molar-refractivity contribution in [3.05, 3.63) is 18.0 Å². The van der Waals surface area contributed by atoms with Crippen molar-refractivity contribution < 1.29 is 13.2 Å². The Morgan fingerprint density at radius 2 is 1.85 bits per heavy atom. The highest BCUT2D eigenvalue weighted by atomic mass is 32.2. The molecule has 26 heavy (non-hydrogen) atoms. The molecule has 1 amide bonds. The molecule has 7 nitrogen and oxygen atoms in total. The third-order valence-corrected chi connectivity index (χ3v) is 7.61. The summed E-state index contributed by atoms with van der Waals surface area (Å²) in [6.45, 7) is 4.63. The van der Waals surface area contributed by atoms with E-state index in [0.29, 0.717) is 32.0 Å². The maximum Gasteiger partial charge on any atom is 0.223 e. The van der Waals surface area contributed by atoms with Gasteiger partial charge in [-0.1, -0.05) is 0 Å². The molecule has 2 heterocycles. The van der Waals surface area contributed by atoms with Crippen LogP contribution in [0.4, 0.5) is 0 Å². The van der Waals surface area contributed by atoms with Crippen LogP contribution in [0, 0.1) is 12.8 Å². The predicted molar refractivity (Wildman–Crippen MR) is 100 cm³/mol. The van der Waals surface area contributed by atoms with Gasteiger partial charge in [0.25, 0.3) is 0 Å². The van der Waals surface area contributed by atoms with Crippen LogP contribution >= 0.6 is 0 Å². The molecule has 1 aromatic heterocycles. The minimum atomic E-state index is -3.13. The number of nitrogens with one attached hydrogen (secondary N) is 1. The van der Waals surface area contributed by atoms with E-state index in [2.05, 4.69) is 21.3 Å². The number of piperidine rings is 1. The Morgan fingerprint density at radius 3 is 2.38 bits per heavy atom. The number of carbonyl (C=O) groups is 1. The van der Waals surface area contributed by atoms with Gasteiger partial charge in [0.2, 0.25) is 15.9 Å². The van der Waals surface area contributed by atoms with Gasteiger partial charge in [0.1, 0.15) is 0 Å². The van der Waals surface area contributed by atoms with Crippen LogP contribution in [0.2, 0.25) is 0 Å². The Labute approximate surface area is 156 Å². The molecule has 3 rings (SSSR count). The number of aromatic nitrogens is 2. The lowest BCUT2D eigenvalue weighted by atomic mass is 9.90. The SMILES string of the molecule is CCS(=O)(=O)N1CCC(C(=O)NC2CCC(n3cc(C)cn3)CC2)CC1. The number of aryl methyl sites for hydroxylation is 1. The molecule has 1 aliphatic heterocycles. The summed E-state index contributed by atoms with van der Waals surface area (Å²) in [7, 11) is -3.13. The fourth-order valence-corrected chi connectivity index (χ4v) is 5.15. The number of sulfonamides is 1. The van der Waals surface area contributed by atoms with Gasteiger partial charge in [-0.25, -0.2) is 12.7 Å². The van der Waals surface area contributed by atoms with Gasteiger partial charge >= 0.3 is 0 Å². The third-order valence-electron chi connectivity index (χ3n) is 5.73. The average Bonchev–Trinajstić information content (AvgIpc) is 3.09. The smallest absolute Gasteiger partial charge is 0.223 e. The maximum absolute atomic E-state index is 12.6. The molecule has 1 aliphatic carbocycles. The van der Waals surface area contributed by atoms with Crippen LogP contribution < -0.4 is 5.32 Å². The predicted octanol–water partition coefficient (Wildman–Crippen LogP) is 1.85. The van der Waals surface area contributed by atoms with Crippen molar-refractivity contribution in [2.45, 2.75) is 64.5 Å². The molecule has 0 unspecified atom stereocenters. The zero-order valence-corrected chi connectivity index (χ0v) is 16.5. The van der Waals surface area contributed by atoms with Crippen LogP contribution in [-0.4, -0.2) is 53.3 Å². The van der Waals surface area contributed by atoms with Crippen LogP contribution in [0.1, 0.15) is 57.1 Å². The van der Waals surface area contributed by atoms with Crippen LogP contribution in [0.5, 0.6) is 0 Å². The highest BCUT2D eigenvalue weighted by Gasteiger charge is 2.32. The number of amides is 1. The fraction of sp³-hybridized carbons (Fsp3) is 0.778. The van der Waals surface area contributed by atoms with Crippen molar-refractivity contribution in [3.63, 3.8) is 0 Å². The normalized spacial score (nSPS) is 25.9. The van der Waals surface area contributed by atoms with Gasteiger partial charge in [-0.2, -0.15) is 5.10 Å². The van der Waals surface area contributed by atoms with E-state index in [4.69, 9.17) is 0 Å². The first-order valence-corrected chi connectivity index (χ1v) is 11.3. The number of nitrogens with zero attached hydrogens (tertiary/aromatic N) is 3. The minimum Gasteiger partial charge on any atom is -0.353 e. The molecule has 0 aromatic carbocycles. The summed E-state index contributed by atoms with van der Waals surface area (Å²) in [4.78, 5) is 12.6. The molecule has 2 fully saturated rings.